The van der Waals surface area contributed by atoms with Crippen molar-refractivity contribution in [2.75, 3.05) is 5.73 Å². The van der Waals surface area contributed by atoms with Gasteiger partial charge in [0.2, 0.25) is 0 Å². The Hall–Kier alpha value is -2.74. The third-order valence-corrected chi connectivity index (χ3v) is 5.18. The molecule has 1 aromatic heterocycles. The molecule has 1 atom stereocenters. The van der Waals surface area contributed by atoms with Crippen LogP contribution in [0.25, 0.3) is 16.9 Å². The summed E-state index contributed by atoms with van der Waals surface area (Å²) in [6, 6.07) is 3.25. The van der Waals surface area contributed by atoms with E-state index in [1.165, 1.54) is 6.07 Å². The second kappa shape index (κ2) is 8.18. The minimum atomic E-state index is -6.91. The molecule has 0 spiro atoms. The van der Waals surface area contributed by atoms with Gasteiger partial charge >= 0.3 is 23.9 Å². The van der Waals surface area contributed by atoms with Crippen LogP contribution in [-0.2, 0) is 5.67 Å². The van der Waals surface area contributed by atoms with Crippen LogP contribution < -0.4 is 5.73 Å². The molecule has 16 heteroatoms. The second-order valence-electron chi connectivity index (χ2n) is 6.80. The Morgan fingerprint density at radius 3 is 1.85 bits per heavy atom. The molecule has 3 aromatic rings. The van der Waals surface area contributed by atoms with Gasteiger partial charge in [0.25, 0.3) is 0 Å². The number of anilines is 1. The van der Waals surface area contributed by atoms with Crippen molar-refractivity contribution in [2.24, 2.45) is 0 Å². The summed E-state index contributed by atoms with van der Waals surface area (Å²) in [5.41, 5.74) is -3.50. The molecule has 0 aliphatic carbocycles. The van der Waals surface area contributed by atoms with Crippen LogP contribution in [0.1, 0.15) is 5.56 Å². The van der Waals surface area contributed by atoms with Crippen molar-refractivity contribution >= 4 is 28.9 Å². The molecule has 34 heavy (non-hydrogen) atoms. The highest BCUT2D eigenvalue weighted by Crippen LogP contribution is 2.59. The number of benzene rings is 2. The van der Waals surface area contributed by atoms with Gasteiger partial charge in [0.15, 0.2) is 0 Å². The Labute approximate surface area is 192 Å². The van der Waals surface area contributed by atoms with Crippen LogP contribution in [0.4, 0.5) is 49.6 Å². The molecule has 0 fully saturated rings. The molecule has 4 nitrogen and oxygen atoms in total. The Balaban J connectivity index is 2.14. The average molecular weight is 541 g/mol. The van der Waals surface area contributed by atoms with Crippen molar-refractivity contribution < 1.29 is 43.9 Å². The van der Waals surface area contributed by atoms with Crippen LogP contribution >= 0.6 is 23.2 Å². The van der Waals surface area contributed by atoms with Gasteiger partial charge in [-0.15, -0.1) is 5.10 Å². The first-order chi connectivity index (χ1) is 15.4. The summed E-state index contributed by atoms with van der Waals surface area (Å²) < 4.78 is 134. The van der Waals surface area contributed by atoms with Crippen molar-refractivity contribution in [3.63, 3.8) is 0 Å². The van der Waals surface area contributed by atoms with E-state index >= 15 is 0 Å². The third kappa shape index (κ3) is 4.02. The van der Waals surface area contributed by atoms with Crippen LogP contribution in [0.15, 0.2) is 36.5 Å². The van der Waals surface area contributed by atoms with Gasteiger partial charge in [0.1, 0.15) is 17.2 Å². The van der Waals surface area contributed by atoms with E-state index in [-0.39, 0.29) is 29.1 Å². The minimum absolute atomic E-state index is 0.0154. The highest BCUT2D eigenvalue weighted by atomic mass is 35.5. The van der Waals surface area contributed by atoms with Gasteiger partial charge in [-0.1, -0.05) is 28.4 Å². The summed E-state index contributed by atoms with van der Waals surface area (Å²) >= 11 is 11.6. The van der Waals surface area contributed by atoms with E-state index in [4.69, 9.17) is 28.9 Å². The Morgan fingerprint density at radius 1 is 0.824 bits per heavy atom. The van der Waals surface area contributed by atoms with Gasteiger partial charge in [-0.25, -0.2) is 13.5 Å². The van der Waals surface area contributed by atoms with E-state index in [1.54, 1.807) is 0 Å². The number of hydrogen-bond acceptors (Lipinski definition) is 3. The molecule has 0 saturated heterocycles. The molecule has 0 amide bonds. The average Bonchev–Trinajstić information content (AvgIpc) is 3.16. The largest absolute Gasteiger partial charge is 0.457 e. The van der Waals surface area contributed by atoms with Gasteiger partial charge in [0, 0.05) is 11.1 Å². The third-order valence-electron chi connectivity index (χ3n) is 4.61. The predicted molar refractivity (Wildman–Crippen MR) is 101 cm³/mol. The molecule has 184 valence electrons. The molecule has 2 N–H and O–H groups in total. The number of rotatable bonds is 4. The molecule has 3 rings (SSSR count). The van der Waals surface area contributed by atoms with Gasteiger partial charge in [-0.05, 0) is 30.3 Å². The normalized spacial score (nSPS) is 14.8. The van der Waals surface area contributed by atoms with Crippen molar-refractivity contribution in [3.05, 3.63) is 58.0 Å². The summed E-state index contributed by atoms with van der Waals surface area (Å²) in [6.45, 7) is 0. The van der Waals surface area contributed by atoms with Crippen LogP contribution in [0, 0.1) is 5.82 Å². The smallest absolute Gasteiger partial charge is 0.396 e. The quantitative estimate of drug-likeness (QED) is 0.289. The van der Waals surface area contributed by atoms with Gasteiger partial charge < -0.3 is 5.73 Å². The molecule has 0 radical (unpaired) electrons. The minimum Gasteiger partial charge on any atom is -0.396 e. The van der Waals surface area contributed by atoms with E-state index in [9.17, 15) is 43.9 Å². The van der Waals surface area contributed by atoms with E-state index in [2.05, 4.69) is 10.3 Å². The van der Waals surface area contributed by atoms with Crippen LogP contribution in [-0.4, -0.2) is 33.3 Å². The van der Waals surface area contributed by atoms with Gasteiger partial charge in [-0.3, -0.25) is 0 Å². The standard InChI is InChI=1S/C18H8Cl2F10N4/c19-9-4-8(15(22,17(25,26)27)16(23,24)18(28,29)30)5-10(20)14(9)34-6-13(32-33-34)7-1-2-11(21)12(31)3-7/h1-6H,31H2. The maximum absolute atomic E-state index is 14.7. The summed E-state index contributed by atoms with van der Waals surface area (Å²) in [4.78, 5) is 0. The van der Waals surface area contributed by atoms with Gasteiger partial charge in [0.05, 0.1) is 21.9 Å². The number of aromatic nitrogens is 3. The molecule has 0 aliphatic heterocycles. The predicted octanol–water partition coefficient (Wildman–Crippen LogP) is 6.89. The first-order valence-corrected chi connectivity index (χ1v) is 9.35. The fraction of sp³-hybridized carbons (Fsp3) is 0.222. The van der Waals surface area contributed by atoms with Crippen LogP contribution in [0.5, 0.6) is 0 Å². The lowest BCUT2D eigenvalue weighted by Gasteiger charge is -2.36. The maximum Gasteiger partial charge on any atom is 0.457 e. The molecule has 0 aliphatic rings. The Morgan fingerprint density at radius 2 is 1.38 bits per heavy atom. The van der Waals surface area contributed by atoms with Crippen molar-refractivity contribution in [3.8, 4) is 16.9 Å². The summed E-state index contributed by atoms with van der Waals surface area (Å²) in [7, 11) is 0. The number of nitrogens with two attached hydrogens (primary N) is 1. The van der Waals surface area contributed by atoms with Gasteiger partial charge in [-0.2, -0.15) is 35.1 Å². The fourth-order valence-corrected chi connectivity index (χ4v) is 3.57. The molecule has 0 saturated carbocycles. The monoisotopic (exact) mass is 540 g/mol. The molecule has 2 aromatic carbocycles. The van der Waals surface area contributed by atoms with Crippen molar-refractivity contribution in [1.82, 2.24) is 15.0 Å². The lowest BCUT2D eigenvalue weighted by atomic mass is 9.87. The number of nitrogens with zero attached hydrogens (tertiary/aromatic N) is 3. The first kappa shape index (κ1) is 25.9. The fourth-order valence-electron chi connectivity index (χ4n) is 2.91. The lowest BCUT2D eigenvalue weighted by Crippen LogP contribution is -2.59. The highest BCUT2D eigenvalue weighted by molar-refractivity contribution is 6.37. The highest BCUT2D eigenvalue weighted by Gasteiger charge is 2.81. The van der Waals surface area contributed by atoms with Crippen molar-refractivity contribution in [2.45, 2.75) is 23.9 Å². The lowest BCUT2D eigenvalue weighted by molar-refractivity contribution is -0.389. The van der Waals surface area contributed by atoms with E-state index in [0.29, 0.717) is 0 Å². The zero-order valence-corrected chi connectivity index (χ0v) is 17.4. The van der Waals surface area contributed by atoms with Crippen LogP contribution in [0.2, 0.25) is 10.0 Å². The zero-order chi connectivity index (χ0) is 25.9. The van der Waals surface area contributed by atoms with E-state index in [0.717, 1.165) is 23.0 Å². The molecular weight excluding hydrogens is 533 g/mol. The van der Waals surface area contributed by atoms with Crippen molar-refractivity contribution in [1.29, 1.82) is 0 Å². The maximum atomic E-state index is 14.7. The second-order valence-corrected chi connectivity index (χ2v) is 7.62. The Bertz CT molecular complexity index is 1220. The first-order valence-electron chi connectivity index (χ1n) is 8.59. The summed E-state index contributed by atoms with van der Waals surface area (Å²) in [5, 5.41) is 5.36. The summed E-state index contributed by atoms with van der Waals surface area (Å²) in [6.07, 6.45) is -12.6. The molecule has 0 bridgehead atoms. The zero-order valence-electron chi connectivity index (χ0n) is 15.9. The molecule has 1 unspecified atom stereocenters. The van der Waals surface area contributed by atoms with E-state index < -0.39 is 51.1 Å². The number of hydrogen-bond donors (Lipinski definition) is 1. The number of alkyl halides is 9. The Kier molecular flexibility index (Phi) is 6.23. The van der Waals surface area contributed by atoms with Crippen LogP contribution in [0.3, 0.4) is 0 Å². The molecule has 1 heterocycles. The number of nitrogen functional groups attached to an aromatic ring is 1. The topological polar surface area (TPSA) is 56.7 Å². The molecular formula is C18H8Cl2F10N4. The SMILES string of the molecule is Nc1cc(-c2cn(-c3c(Cl)cc(C(F)(C(F)(F)F)C(F)(F)C(F)(F)F)cc3Cl)nn2)ccc1F. The summed E-state index contributed by atoms with van der Waals surface area (Å²) in [5.74, 6) is -7.64. The number of halogens is 12. The van der Waals surface area contributed by atoms with E-state index in [1.807, 2.05) is 0 Å².